The molecule has 0 spiro atoms. The first-order valence-corrected chi connectivity index (χ1v) is 13.6. The second kappa shape index (κ2) is 13.9. The van der Waals surface area contributed by atoms with Crippen LogP contribution in [0.3, 0.4) is 0 Å². The van der Waals surface area contributed by atoms with Crippen molar-refractivity contribution in [2.24, 2.45) is 5.92 Å². The van der Waals surface area contributed by atoms with Gasteiger partial charge in [0.25, 0.3) is 0 Å². The number of hydrogen-bond donors (Lipinski definition) is 1. The first kappa shape index (κ1) is 28.3. The predicted octanol–water partition coefficient (Wildman–Crippen LogP) is 7.14. The summed E-state index contributed by atoms with van der Waals surface area (Å²) in [4.78, 5) is 23.0. The molecule has 210 valence electrons. The Morgan fingerprint density at radius 1 is 1.08 bits per heavy atom. The molecule has 1 aromatic carbocycles. The van der Waals surface area contributed by atoms with Crippen LogP contribution >= 0.6 is 0 Å². The van der Waals surface area contributed by atoms with Gasteiger partial charge in [-0.25, -0.2) is 23.5 Å². The van der Waals surface area contributed by atoms with E-state index in [1.54, 1.807) is 12.4 Å². The quantitative estimate of drug-likeness (QED) is 0.243. The van der Waals surface area contributed by atoms with Gasteiger partial charge in [0, 0.05) is 37.6 Å². The highest BCUT2D eigenvalue weighted by molar-refractivity contribution is 5.85. The van der Waals surface area contributed by atoms with Gasteiger partial charge in [-0.05, 0) is 57.1 Å². The van der Waals surface area contributed by atoms with E-state index < -0.39 is 23.4 Å². The third-order valence-electron chi connectivity index (χ3n) is 6.81. The number of aryl methyl sites for hydroxylation is 1. The van der Waals surface area contributed by atoms with E-state index in [0.29, 0.717) is 18.9 Å². The number of nitrogens with one attached hydrogen (secondary N) is 1. The van der Waals surface area contributed by atoms with Crippen LogP contribution in [-0.4, -0.2) is 42.4 Å². The molecule has 3 aromatic rings. The van der Waals surface area contributed by atoms with Crippen LogP contribution in [0.4, 0.5) is 25.2 Å². The SMILES string of the molecule is CCCCCOC(=O)Nc1c(F)cc(OCCCC2CCN(c3ncc(-c4ccc(C)o4)cn3)CC2)cc1F. The van der Waals surface area contributed by atoms with Crippen molar-refractivity contribution in [3.8, 4) is 17.1 Å². The van der Waals surface area contributed by atoms with Crippen molar-refractivity contribution in [1.82, 2.24) is 9.97 Å². The molecular weight excluding hydrogens is 506 g/mol. The van der Waals surface area contributed by atoms with Gasteiger partial charge in [-0.1, -0.05) is 19.8 Å². The number of hydrogen-bond acceptors (Lipinski definition) is 7. The van der Waals surface area contributed by atoms with E-state index in [4.69, 9.17) is 13.9 Å². The van der Waals surface area contributed by atoms with E-state index >= 15 is 0 Å². The standard InChI is InChI=1S/C29H36F2N4O4/c1-3-4-5-14-38-29(36)34-27-24(30)16-23(17-25(27)31)37-15-6-7-21-10-12-35(13-11-21)28-32-18-22(19-33-28)26-9-8-20(2)39-26/h8-9,16-19,21H,3-7,10-15H2,1-2H3,(H,34,36). The van der Waals surface area contributed by atoms with Gasteiger partial charge in [-0.2, -0.15) is 0 Å². The highest BCUT2D eigenvalue weighted by Crippen LogP contribution is 2.28. The third-order valence-corrected chi connectivity index (χ3v) is 6.81. The number of piperidine rings is 1. The number of carbonyl (C=O) groups is 1. The summed E-state index contributed by atoms with van der Waals surface area (Å²) >= 11 is 0. The first-order valence-electron chi connectivity index (χ1n) is 13.6. The van der Waals surface area contributed by atoms with Crippen LogP contribution in [-0.2, 0) is 4.74 Å². The van der Waals surface area contributed by atoms with E-state index in [1.807, 2.05) is 26.0 Å². The summed E-state index contributed by atoms with van der Waals surface area (Å²) < 4.78 is 45.0. The predicted molar refractivity (Wildman–Crippen MR) is 145 cm³/mol. The van der Waals surface area contributed by atoms with Gasteiger partial charge in [0.2, 0.25) is 5.95 Å². The van der Waals surface area contributed by atoms with Crippen molar-refractivity contribution in [2.45, 2.75) is 58.8 Å². The normalized spacial score (nSPS) is 13.9. The highest BCUT2D eigenvalue weighted by Gasteiger charge is 2.21. The van der Waals surface area contributed by atoms with E-state index in [9.17, 15) is 13.6 Å². The number of anilines is 2. The number of unbranched alkanes of at least 4 members (excludes halogenated alkanes) is 2. The fraction of sp³-hybridized carbons (Fsp3) is 0.483. The molecule has 0 unspecified atom stereocenters. The number of aromatic nitrogens is 2. The van der Waals surface area contributed by atoms with E-state index in [1.165, 1.54) is 0 Å². The number of benzene rings is 1. The Balaban J connectivity index is 1.16. The summed E-state index contributed by atoms with van der Waals surface area (Å²) in [5.74, 6) is 1.15. The minimum Gasteiger partial charge on any atom is -0.493 e. The van der Waals surface area contributed by atoms with Crippen molar-refractivity contribution in [2.75, 3.05) is 36.5 Å². The topological polar surface area (TPSA) is 89.7 Å². The number of rotatable bonds is 12. The number of amides is 1. The number of carbonyl (C=O) groups excluding carboxylic acids is 1. The lowest BCUT2D eigenvalue weighted by Gasteiger charge is -2.32. The van der Waals surface area contributed by atoms with E-state index in [2.05, 4.69) is 20.2 Å². The maximum atomic E-state index is 14.4. The fourth-order valence-electron chi connectivity index (χ4n) is 4.59. The van der Waals surface area contributed by atoms with Crippen molar-refractivity contribution >= 4 is 17.7 Å². The van der Waals surface area contributed by atoms with Crippen LogP contribution in [0.15, 0.2) is 41.1 Å². The molecule has 2 aromatic heterocycles. The van der Waals surface area contributed by atoms with E-state index in [-0.39, 0.29) is 12.4 Å². The summed E-state index contributed by atoms with van der Waals surface area (Å²) in [6, 6.07) is 5.98. The molecule has 0 bridgehead atoms. The Hall–Kier alpha value is -3.69. The van der Waals surface area contributed by atoms with Crippen molar-refractivity contribution < 1.29 is 27.5 Å². The second-order valence-electron chi connectivity index (χ2n) is 9.83. The van der Waals surface area contributed by atoms with Gasteiger partial charge in [0.05, 0.1) is 18.8 Å². The Labute approximate surface area is 227 Å². The molecule has 1 aliphatic rings. The summed E-state index contributed by atoms with van der Waals surface area (Å²) in [5, 5.41) is 2.14. The molecule has 1 fully saturated rings. The minimum absolute atomic E-state index is 0.0898. The van der Waals surface area contributed by atoms with Gasteiger partial charge in [0.1, 0.15) is 23.0 Å². The summed E-state index contributed by atoms with van der Waals surface area (Å²) in [6.45, 7) is 6.23. The maximum Gasteiger partial charge on any atom is 0.411 e. The second-order valence-corrected chi connectivity index (χ2v) is 9.83. The molecule has 4 rings (SSSR count). The van der Waals surface area contributed by atoms with Crippen LogP contribution in [0.5, 0.6) is 5.75 Å². The molecule has 3 heterocycles. The van der Waals surface area contributed by atoms with Crippen molar-refractivity contribution in [1.29, 1.82) is 0 Å². The first-order chi connectivity index (χ1) is 18.9. The summed E-state index contributed by atoms with van der Waals surface area (Å²) in [5.41, 5.74) is 0.317. The van der Waals surface area contributed by atoms with Gasteiger partial charge in [0.15, 0.2) is 11.6 Å². The van der Waals surface area contributed by atoms with Gasteiger partial charge < -0.3 is 18.8 Å². The summed E-state index contributed by atoms with van der Waals surface area (Å²) in [7, 11) is 0. The summed E-state index contributed by atoms with van der Waals surface area (Å²) in [6.07, 6.45) is 9.06. The average molecular weight is 543 g/mol. The average Bonchev–Trinajstić information content (AvgIpc) is 3.38. The molecule has 1 N–H and O–H groups in total. The molecule has 8 nitrogen and oxygen atoms in total. The molecule has 0 radical (unpaired) electrons. The number of halogens is 2. The van der Waals surface area contributed by atoms with Crippen LogP contribution in [0.2, 0.25) is 0 Å². The van der Waals surface area contributed by atoms with Crippen molar-refractivity contribution in [3.05, 3.63) is 54.1 Å². The molecular formula is C29H36F2N4O4. The lowest BCUT2D eigenvalue weighted by atomic mass is 9.92. The van der Waals surface area contributed by atoms with Gasteiger partial charge in [-0.3, -0.25) is 5.32 Å². The lowest BCUT2D eigenvalue weighted by molar-refractivity contribution is 0.159. The van der Waals surface area contributed by atoms with Crippen LogP contribution in [0.1, 0.15) is 57.6 Å². The smallest absolute Gasteiger partial charge is 0.411 e. The Morgan fingerprint density at radius 2 is 1.79 bits per heavy atom. The molecule has 0 aliphatic carbocycles. The molecule has 1 amide bonds. The number of furan rings is 1. The largest absolute Gasteiger partial charge is 0.493 e. The maximum absolute atomic E-state index is 14.4. The van der Waals surface area contributed by atoms with Gasteiger partial charge >= 0.3 is 6.09 Å². The zero-order valence-corrected chi connectivity index (χ0v) is 22.6. The zero-order chi connectivity index (χ0) is 27.6. The van der Waals surface area contributed by atoms with Crippen LogP contribution in [0.25, 0.3) is 11.3 Å². The van der Waals surface area contributed by atoms with Crippen molar-refractivity contribution in [3.63, 3.8) is 0 Å². The van der Waals surface area contributed by atoms with E-state index in [0.717, 1.165) is 86.8 Å². The Kier molecular flexibility index (Phi) is 10.1. The minimum atomic E-state index is -0.905. The third kappa shape index (κ3) is 8.15. The van der Waals surface area contributed by atoms with Crippen LogP contribution in [0, 0.1) is 24.5 Å². The molecule has 0 atom stereocenters. The molecule has 0 saturated carbocycles. The fourth-order valence-corrected chi connectivity index (χ4v) is 4.59. The molecule has 1 aliphatic heterocycles. The van der Waals surface area contributed by atoms with Gasteiger partial charge in [-0.15, -0.1) is 0 Å². The zero-order valence-electron chi connectivity index (χ0n) is 22.6. The van der Waals surface area contributed by atoms with Crippen LogP contribution < -0.4 is 15.0 Å². The monoisotopic (exact) mass is 542 g/mol. The Morgan fingerprint density at radius 3 is 2.44 bits per heavy atom. The molecule has 1 saturated heterocycles. The highest BCUT2D eigenvalue weighted by atomic mass is 19.1. The molecule has 39 heavy (non-hydrogen) atoms. The number of ether oxygens (including phenoxy) is 2. The Bertz CT molecular complexity index is 1190. The number of nitrogens with zero attached hydrogens (tertiary/aromatic N) is 3. The lowest BCUT2D eigenvalue weighted by Crippen LogP contribution is -2.34. The molecule has 10 heteroatoms.